The minimum absolute atomic E-state index is 0.701. The second-order valence-corrected chi connectivity index (χ2v) is 4.60. The Kier molecular flexibility index (Phi) is 2.95. The van der Waals surface area contributed by atoms with Crippen molar-refractivity contribution >= 4 is 0 Å². The van der Waals surface area contributed by atoms with Gasteiger partial charge in [0.25, 0.3) is 0 Å². The summed E-state index contributed by atoms with van der Waals surface area (Å²) in [6.45, 7) is 3.99. The summed E-state index contributed by atoms with van der Waals surface area (Å²) in [5.74, 6) is 0.701. The fourth-order valence-electron chi connectivity index (χ4n) is 2.90. The monoisotopic (exact) mass is 191 g/mol. The van der Waals surface area contributed by atoms with Crippen molar-refractivity contribution in [3.63, 3.8) is 0 Å². The van der Waals surface area contributed by atoms with E-state index in [-0.39, 0.29) is 0 Å². The van der Waals surface area contributed by atoms with Crippen LogP contribution in [0, 0.1) is 5.92 Å². The van der Waals surface area contributed by atoms with Crippen LogP contribution in [0.5, 0.6) is 0 Å². The van der Waals surface area contributed by atoms with Crippen molar-refractivity contribution in [3.8, 4) is 0 Å². The lowest BCUT2D eigenvalue weighted by atomic mass is 9.91. The molecule has 14 heavy (non-hydrogen) atoms. The topological polar surface area (TPSA) is 3.24 Å². The van der Waals surface area contributed by atoms with Gasteiger partial charge in [0.1, 0.15) is 0 Å². The van der Waals surface area contributed by atoms with E-state index < -0.39 is 0 Å². The van der Waals surface area contributed by atoms with Gasteiger partial charge < -0.3 is 4.90 Å². The maximum atomic E-state index is 3.99. The fourth-order valence-corrected chi connectivity index (χ4v) is 2.90. The predicted octanol–water partition coefficient (Wildman–Crippen LogP) is 3.34. The summed E-state index contributed by atoms with van der Waals surface area (Å²) in [7, 11) is 2.27. The van der Waals surface area contributed by atoms with E-state index in [1.165, 1.54) is 38.5 Å². The van der Waals surface area contributed by atoms with Gasteiger partial charge in [-0.2, -0.15) is 0 Å². The number of rotatable bonds is 1. The molecule has 0 unspecified atom stereocenters. The van der Waals surface area contributed by atoms with Crippen LogP contribution in [0.25, 0.3) is 0 Å². The third-order valence-electron chi connectivity index (χ3n) is 3.81. The average Bonchev–Trinajstić information content (AvgIpc) is 2.47. The van der Waals surface area contributed by atoms with E-state index in [0.717, 1.165) is 6.04 Å². The summed E-state index contributed by atoms with van der Waals surface area (Å²) >= 11 is 0. The molecule has 1 heteroatoms. The zero-order valence-electron chi connectivity index (χ0n) is 9.21. The lowest BCUT2D eigenvalue weighted by Crippen LogP contribution is -2.34. The summed E-state index contributed by atoms with van der Waals surface area (Å²) in [5, 5.41) is 0. The van der Waals surface area contributed by atoms with E-state index in [4.69, 9.17) is 0 Å². The normalized spacial score (nSPS) is 32.9. The smallest absolute Gasteiger partial charge is 0.0346 e. The van der Waals surface area contributed by atoms with Crippen molar-refractivity contribution in [1.82, 2.24) is 4.90 Å². The zero-order valence-corrected chi connectivity index (χ0v) is 9.21. The highest BCUT2D eigenvalue weighted by Crippen LogP contribution is 2.33. The van der Waals surface area contributed by atoms with Crippen molar-refractivity contribution in [2.75, 3.05) is 7.05 Å². The Morgan fingerprint density at radius 1 is 1.43 bits per heavy atom. The molecule has 0 saturated carbocycles. The molecular weight excluding hydrogens is 170 g/mol. The SMILES string of the molecule is C=C[C@H]1CCC=C2CCCC[C@H]1N2C. The van der Waals surface area contributed by atoms with Crippen LogP contribution in [0.2, 0.25) is 0 Å². The van der Waals surface area contributed by atoms with Gasteiger partial charge in [0.15, 0.2) is 0 Å². The second-order valence-electron chi connectivity index (χ2n) is 4.60. The van der Waals surface area contributed by atoms with Crippen LogP contribution in [0.1, 0.15) is 38.5 Å². The molecule has 0 amide bonds. The van der Waals surface area contributed by atoms with Gasteiger partial charge in [-0.15, -0.1) is 6.58 Å². The molecule has 2 bridgehead atoms. The maximum absolute atomic E-state index is 3.99. The van der Waals surface area contributed by atoms with Gasteiger partial charge in [0.05, 0.1) is 0 Å². The first-order valence-corrected chi connectivity index (χ1v) is 5.87. The molecule has 2 atom stereocenters. The Morgan fingerprint density at radius 2 is 2.29 bits per heavy atom. The van der Waals surface area contributed by atoms with Gasteiger partial charge in [-0.1, -0.05) is 18.6 Å². The van der Waals surface area contributed by atoms with Gasteiger partial charge in [0.2, 0.25) is 0 Å². The Bertz CT molecular complexity index is 242. The summed E-state index contributed by atoms with van der Waals surface area (Å²) < 4.78 is 0. The number of hydrogen-bond donors (Lipinski definition) is 0. The molecule has 2 rings (SSSR count). The second kappa shape index (κ2) is 4.20. The Balaban J connectivity index is 2.24. The predicted molar refractivity (Wildman–Crippen MR) is 61.0 cm³/mol. The van der Waals surface area contributed by atoms with E-state index >= 15 is 0 Å². The van der Waals surface area contributed by atoms with Crippen molar-refractivity contribution in [2.45, 2.75) is 44.6 Å². The molecule has 1 nitrogen and oxygen atoms in total. The van der Waals surface area contributed by atoms with E-state index in [9.17, 15) is 0 Å². The molecule has 2 aliphatic rings. The van der Waals surface area contributed by atoms with Gasteiger partial charge in [-0.3, -0.25) is 0 Å². The lowest BCUT2D eigenvalue weighted by Gasteiger charge is -2.32. The number of fused-ring (bicyclic) bond motifs is 2. The van der Waals surface area contributed by atoms with Crippen LogP contribution in [-0.2, 0) is 0 Å². The first-order valence-electron chi connectivity index (χ1n) is 5.87. The highest BCUT2D eigenvalue weighted by Gasteiger charge is 2.27. The molecule has 2 aliphatic heterocycles. The molecule has 0 N–H and O–H groups in total. The largest absolute Gasteiger partial charge is 0.375 e. The van der Waals surface area contributed by atoms with Crippen LogP contribution in [0.15, 0.2) is 24.4 Å². The maximum Gasteiger partial charge on any atom is 0.0346 e. The van der Waals surface area contributed by atoms with Crippen molar-refractivity contribution < 1.29 is 0 Å². The zero-order chi connectivity index (χ0) is 9.97. The van der Waals surface area contributed by atoms with Crippen LogP contribution in [0.3, 0.4) is 0 Å². The van der Waals surface area contributed by atoms with E-state index in [1.807, 2.05) is 0 Å². The van der Waals surface area contributed by atoms with Crippen LogP contribution in [0.4, 0.5) is 0 Å². The van der Waals surface area contributed by atoms with E-state index in [0.29, 0.717) is 5.92 Å². The fraction of sp³-hybridized carbons (Fsp3) is 0.692. The number of hydrogen-bond acceptors (Lipinski definition) is 1. The Hall–Kier alpha value is -0.720. The summed E-state index contributed by atoms with van der Waals surface area (Å²) in [4.78, 5) is 2.52. The lowest BCUT2D eigenvalue weighted by molar-refractivity contribution is 0.241. The first kappa shape index (κ1) is 9.82. The standard InChI is InChI=1S/C13H21N/c1-3-11-7-6-9-12-8-4-5-10-13(11)14(12)2/h3,9,11,13H,1,4-8,10H2,2H3/t11-,13+/m0/s1. The van der Waals surface area contributed by atoms with Gasteiger partial charge in [-0.25, -0.2) is 0 Å². The Labute approximate surface area is 87.5 Å². The molecule has 0 aliphatic carbocycles. The van der Waals surface area contributed by atoms with Crippen LogP contribution >= 0.6 is 0 Å². The molecule has 0 radical (unpaired) electrons. The molecule has 1 fully saturated rings. The summed E-state index contributed by atoms with van der Waals surface area (Å²) in [6, 6.07) is 0.726. The molecule has 2 heterocycles. The third-order valence-corrected chi connectivity index (χ3v) is 3.81. The Morgan fingerprint density at radius 3 is 3.07 bits per heavy atom. The van der Waals surface area contributed by atoms with E-state index in [2.05, 4.69) is 30.7 Å². The summed E-state index contributed by atoms with van der Waals surface area (Å²) in [5.41, 5.74) is 1.58. The summed E-state index contributed by atoms with van der Waals surface area (Å²) in [6.07, 6.45) is 12.6. The number of allylic oxidation sites excluding steroid dienone is 2. The van der Waals surface area contributed by atoms with Crippen molar-refractivity contribution in [3.05, 3.63) is 24.4 Å². The first-order chi connectivity index (χ1) is 6.83. The van der Waals surface area contributed by atoms with Gasteiger partial charge in [0, 0.05) is 18.8 Å². The van der Waals surface area contributed by atoms with Crippen molar-refractivity contribution in [1.29, 1.82) is 0 Å². The minimum atomic E-state index is 0.701. The molecule has 0 aromatic rings. The van der Waals surface area contributed by atoms with Crippen LogP contribution in [-0.4, -0.2) is 18.0 Å². The number of nitrogens with zero attached hydrogens (tertiary/aromatic N) is 1. The van der Waals surface area contributed by atoms with Gasteiger partial charge in [-0.05, 0) is 38.0 Å². The quantitative estimate of drug-likeness (QED) is 0.575. The highest BCUT2D eigenvalue weighted by atomic mass is 15.1. The molecule has 0 aromatic heterocycles. The molecule has 78 valence electrons. The molecule has 0 spiro atoms. The minimum Gasteiger partial charge on any atom is -0.375 e. The average molecular weight is 191 g/mol. The van der Waals surface area contributed by atoms with Crippen molar-refractivity contribution in [2.24, 2.45) is 5.92 Å². The van der Waals surface area contributed by atoms with Gasteiger partial charge >= 0.3 is 0 Å². The third kappa shape index (κ3) is 1.73. The molecule has 0 aromatic carbocycles. The molecular formula is C13H21N. The van der Waals surface area contributed by atoms with E-state index in [1.54, 1.807) is 5.70 Å². The highest BCUT2D eigenvalue weighted by molar-refractivity contribution is 5.09. The van der Waals surface area contributed by atoms with Crippen LogP contribution < -0.4 is 0 Å². The molecule has 1 saturated heterocycles.